The monoisotopic (exact) mass is 223 g/mol. The van der Waals surface area contributed by atoms with Crippen LogP contribution in [0.3, 0.4) is 0 Å². The molecule has 0 aromatic rings. The van der Waals surface area contributed by atoms with Gasteiger partial charge in [0, 0.05) is 7.05 Å². The number of halogens is 2. The van der Waals surface area contributed by atoms with Crippen LogP contribution in [-0.2, 0) is 0 Å². The highest BCUT2D eigenvalue weighted by atomic mass is 35.5. The van der Waals surface area contributed by atoms with Gasteiger partial charge in [-0.15, -0.1) is 0 Å². The van der Waals surface area contributed by atoms with Crippen molar-refractivity contribution in [1.29, 1.82) is 0 Å². The molecule has 0 saturated carbocycles. The molecule has 0 fully saturated rings. The van der Waals surface area contributed by atoms with Gasteiger partial charge in [-0.1, -0.05) is 23.2 Å². The Kier molecular flexibility index (Phi) is 2.77. The van der Waals surface area contributed by atoms with Gasteiger partial charge in [-0.25, -0.2) is 4.99 Å². The molecule has 0 aliphatic carbocycles. The molecule has 1 aliphatic rings. The molecular formula is C6H7Cl2N3O2. The fourth-order valence-corrected chi connectivity index (χ4v) is 1.52. The Bertz CT molecular complexity index is 313. The van der Waals surface area contributed by atoms with Gasteiger partial charge in [0.1, 0.15) is 0 Å². The minimum absolute atomic E-state index is 0.152. The second kappa shape index (κ2) is 3.51. The molecule has 5 nitrogen and oxygen atoms in total. The summed E-state index contributed by atoms with van der Waals surface area (Å²) in [5, 5.41) is 10.4. The third-order valence-electron chi connectivity index (χ3n) is 1.79. The Morgan fingerprint density at radius 2 is 2.23 bits per heavy atom. The number of hydrogen-bond donors (Lipinski definition) is 0. The summed E-state index contributed by atoms with van der Waals surface area (Å²) in [6.45, 7) is 1.57. The lowest BCUT2D eigenvalue weighted by Crippen LogP contribution is -2.32. The van der Waals surface area contributed by atoms with Gasteiger partial charge in [0.05, 0.1) is 10.6 Å². The molecule has 0 bridgehead atoms. The fraction of sp³-hybridized carbons (Fsp3) is 0.500. The molecule has 1 heterocycles. The zero-order chi connectivity index (χ0) is 10.2. The quantitative estimate of drug-likeness (QED) is 0.294. The fourth-order valence-electron chi connectivity index (χ4n) is 0.925. The van der Waals surface area contributed by atoms with Gasteiger partial charge in [0.15, 0.2) is 5.62 Å². The largest absolute Gasteiger partial charge is 0.338 e. The SMILES string of the molecule is CC1=C([N+](=O)[O-])C(Cl)=NC(Cl)N1C. The zero-order valence-electron chi connectivity index (χ0n) is 6.99. The molecule has 13 heavy (non-hydrogen) atoms. The highest BCUT2D eigenvalue weighted by molar-refractivity contribution is 6.69. The molecule has 1 aliphatic heterocycles. The lowest BCUT2D eigenvalue weighted by Gasteiger charge is -2.25. The van der Waals surface area contributed by atoms with Crippen LogP contribution in [-0.4, -0.2) is 27.7 Å². The first-order chi connectivity index (χ1) is 5.95. The predicted molar refractivity (Wildman–Crippen MR) is 50.4 cm³/mol. The maximum absolute atomic E-state index is 10.5. The second-order valence-corrected chi connectivity index (χ2v) is 3.28. The highest BCUT2D eigenvalue weighted by Gasteiger charge is 2.31. The summed E-state index contributed by atoms with van der Waals surface area (Å²) in [5.74, 6) is 0. The molecule has 0 amide bonds. The van der Waals surface area contributed by atoms with E-state index in [1.54, 1.807) is 14.0 Å². The van der Waals surface area contributed by atoms with Crippen LogP contribution in [0, 0.1) is 10.1 Å². The molecule has 0 aromatic carbocycles. The molecular weight excluding hydrogens is 217 g/mol. The van der Waals surface area contributed by atoms with Gasteiger partial charge >= 0.3 is 5.70 Å². The topological polar surface area (TPSA) is 58.7 Å². The normalized spacial score (nSPS) is 23.2. The number of alkyl halides is 1. The summed E-state index contributed by atoms with van der Waals surface area (Å²) in [4.78, 5) is 15.1. The van der Waals surface area contributed by atoms with Crippen LogP contribution in [0.15, 0.2) is 16.4 Å². The second-order valence-electron chi connectivity index (χ2n) is 2.53. The predicted octanol–water partition coefficient (Wildman–Crippen LogP) is 1.60. The van der Waals surface area contributed by atoms with Crippen molar-refractivity contribution in [3.63, 3.8) is 0 Å². The Labute approximate surface area is 84.8 Å². The zero-order valence-corrected chi connectivity index (χ0v) is 8.50. The van der Waals surface area contributed by atoms with Crippen molar-refractivity contribution >= 4 is 28.4 Å². The third-order valence-corrected chi connectivity index (χ3v) is 2.46. The summed E-state index contributed by atoms with van der Waals surface area (Å²) in [6, 6.07) is 0. The molecule has 0 saturated heterocycles. The summed E-state index contributed by atoms with van der Waals surface area (Å²) in [5.41, 5.74) is -0.456. The summed E-state index contributed by atoms with van der Waals surface area (Å²) >= 11 is 11.3. The van der Waals surface area contributed by atoms with E-state index >= 15 is 0 Å². The number of rotatable bonds is 1. The van der Waals surface area contributed by atoms with Gasteiger partial charge in [-0.05, 0) is 6.92 Å². The Balaban J connectivity index is 3.17. The van der Waals surface area contributed by atoms with E-state index in [4.69, 9.17) is 23.2 Å². The molecule has 0 N–H and O–H groups in total. The number of nitrogens with zero attached hydrogens (tertiary/aromatic N) is 3. The average molecular weight is 224 g/mol. The molecule has 7 heteroatoms. The van der Waals surface area contributed by atoms with E-state index in [0.717, 1.165) is 0 Å². The van der Waals surface area contributed by atoms with Crippen LogP contribution in [0.5, 0.6) is 0 Å². The van der Waals surface area contributed by atoms with Gasteiger partial charge in [0.2, 0.25) is 5.17 Å². The Morgan fingerprint density at radius 1 is 1.69 bits per heavy atom. The Morgan fingerprint density at radius 3 is 2.69 bits per heavy atom. The van der Waals surface area contributed by atoms with Crippen LogP contribution >= 0.6 is 23.2 Å². The molecule has 0 radical (unpaired) electrons. The van der Waals surface area contributed by atoms with Crippen molar-refractivity contribution in [2.75, 3.05) is 7.05 Å². The van der Waals surface area contributed by atoms with Crippen molar-refractivity contribution in [3.8, 4) is 0 Å². The lowest BCUT2D eigenvalue weighted by molar-refractivity contribution is -0.417. The average Bonchev–Trinajstić information content (AvgIpc) is 1.99. The van der Waals surface area contributed by atoms with E-state index in [1.807, 2.05) is 0 Å². The van der Waals surface area contributed by atoms with Crippen LogP contribution in [0.4, 0.5) is 0 Å². The molecule has 0 spiro atoms. The van der Waals surface area contributed by atoms with Gasteiger partial charge < -0.3 is 4.90 Å². The first kappa shape index (κ1) is 10.3. The molecule has 1 unspecified atom stereocenters. The minimum Gasteiger partial charge on any atom is -0.338 e. The van der Waals surface area contributed by atoms with Crippen molar-refractivity contribution in [2.24, 2.45) is 4.99 Å². The van der Waals surface area contributed by atoms with Crippen LogP contribution < -0.4 is 0 Å². The minimum atomic E-state index is -0.670. The van der Waals surface area contributed by atoms with Crippen LogP contribution in [0.25, 0.3) is 0 Å². The third kappa shape index (κ3) is 1.76. The summed E-state index contributed by atoms with van der Waals surface area (Å²) in [6.07, 6.45) is 0. The maximum atomic E-state index is 10.5. The van der Waals surface area contributed by atoms with Crippen molar-refractivity contribution < 1.29 is 4.92 Å². The van der Waals surface area contributed by atoms with Gasteiger partial charge in [0.25, 0.3) is 0 Å². The summed E-state index contributed by atoms with van der Waals surface area (Å²) in [7, 11) is 1.61. The van der Waals surface area contributed by atoms with Crippen LogP contribution in [0.2, 0.25) is 0 Å². The van der Waals surface area contributed by atoms with E-state index in [1.165, 1.54) is 4.90 Å². The highest BCUT2D eigenvalue weighted by Crippen LogP contribution is 2.23. The molecule has 1 rings (SSSR count). The number of aliphatic imine (C=N–C) groups is 1. The lowest BCUT2D eigenvalue weighted by atomic mass is 10.3. The number of hydrogen-bond acceptors (Lipinski definition) is 4. The first-order valence-corrected chi connectivity index (χ1v) is 4.22. The van der Waals surface area contributed by atoms with Gasteiger partial charge in [-0.3, -0.25) is 10.1 Å². The summed E-state index contributed by atoms with van der Waals surface area (Å²) < 4.78 is 0. The smallest absolute Gasteiger partial charge is 0.324 e. The van der Waals surface area contributed by atoms with Crippen molar-refractivity contribution in [2.45, 2.75) is 12.5 Å². The van der Waals surface area contributed by atoms with Crippen molar-refractivity contribution in [1.82, 2.24) is 4.90 Å². The number of nitro groups is 1. The standard InChI is InChI=1S/C6H7Cl2N3O2/c1-3-4(11(12)13)5(7)9-6(8)10(3)2/h6H,1-2H3. The Hall–Kier alpha value is -0.810. The van der Waals surface area contributed by atoms with E-state index in [-0.39, 0.29) is 10.9 Å². The maximum Gasteiger partial charge on any atom is 0.324 e. The molecule has 0 aromatic heterocycles. The van der Waals surface area contributed by atoms with Gasteiger partial charge in [-0.2, -0.15) is 0 Å². The van der Waals surface area contributed by atoms with E-state index in [2.05, 4.69) is 4.99 Å². The molecule has 72 valence electrons. The number of allylic oxidation sites excluding steroid dienone is 2. The van der Waals surface area contributed by atoms with E-state index in [9.17, 15) is 10.1 Å². The van der Waals surface area contributed by atoms with Crippen molar-refractivity contribution in [3.05, 3.63) is 21.5 Å². The molecule has 1 atom stereocenters. The van der Waals surface area contributed by atoms with E-state index < -0.39 is 10.5 Å². The van der Waals surface area contributed by atoms with Crippen LogP contribution in [0.1, 0.15) is 6.92 Å². The first-order valence-electron chi connectivity index (χ1n) is 3.41. The van der Waals surface area contributed by atoms with E-state index in [0.29, 0.717) is 5.70 Å².